The van der Waals surface area contributed by atoms with Crippen molar-refractivity contribution in [3.8, 4) is 0 Å². The normalized spacial score (nSPS) is 43.0. The Morgan fingerprint density at radius 3 is 2.25 bits per heavy atom. The molecule has 12 heavy (non-hydrogen) atoms. The highest BCUT2D eigenvalue weighted by atomic mass is 14.9. The van der Waals surface area contributed by atoms with E-state index in [2.05, 4.69) is 19.3 Å². The van der Waals surface area contributed by atoms with Crippen LogP contribution in [0.3, 0.4) is 0 Å². The topological polar surface area (TPSA) is 12.0 Å². The molecule has 0 spiro atoms. The molecule has 0 amide bonds. The van der Waals surface area contributed by atoms with Crippen molar-refractivity contribution in [2.45, 2.75) is 45.1 Å². The molecule has 0 aromatic carbocycles. The minimum Gasteiger partial charge on any atom is -0.317 e. The molecule has 2 atom stereocenters. The van der Waals surface area contributed by atoms with Gasteiger partial charge >= 0.3 is 0 Å². The van der Waals surface area contributed by atoms with Crippen molar-refractivity contribution in [2.24, 2.45) is 17.8 Å². The molecule has 0 aliphatic heterocycles. The first-order chi connectivity index (χ1) is 5.81. The Labute approximate surface area is 75.9 Å². The van der Waals surface area contributed by atoms with E-state index in [1.807, 2.05) is 0 Å². The van der Waals surface area contributed by atoms with Crippen molar-refractivity contribution in [2.75, 3.05) is 7.05 Å². The Kier molecular flexibility index (Phi) is 2.40. The molecule has 3 rings (SSSR count). The Morgan fingerprint density at radius 1 is 1.17 bits per heavy atom. The summed E-state index contributed by atoms with van der Waals surface area (Å²) in [5.74, 6) is 3.12. The van der Waals surface area contributed by atoms with E-state index < -0.39 is 0 Å². The Bertz CT molecular complexity index is 147. The minimum absolute atomic E-state index is 0.748. The van der Waals surface area contributed by atoms with Crippen molar-refractivity contribution in [3.05, 3.63) is 0 Å². The van der Waals surface area contributed by atoms with Crippen LogP contribution in [-0.2, 0) is 0 Å². The molecule has 0 heterocycles. The second kappa shape index (κ2) is 3.37. The molecule has 2 bridgehead atoms. The predicted octanol–water partition coefficient (Wildman–Crippen LogP) is 2.42. The molecule has 3 fully saturated rings. The van der Waals surface area contributed by atoms with Gasteiger partial charge in [0.2, 0.25) is 0 Å². The van der Waals surface area contributed by atoms with Gasteiger partial charge in [0.05, 0.1) is 0 Å². The SMILES string of the molecule is CNC(C)C1CC2CCC1CC2. The van der Waals surface area contributed by atoms with Crippen LogP contribution in [0, 0.1) is 17.8 Å². The monoisotopic (exact) mass is 167 g/mol. The molecule has 3 saturated carbocycles. The van der Waals surface area contributed by atoms with Gasteiger partial charge in [-0.15, -0.1) is 0 Å². The lowest BCUT2D eigenvalue weighted by Crippen LogP contribution is -2.42. The molecule has 1 nitrogen and oxygen atoms in total. The molecule has 3 aliphatic rings. The van der Waals surface area contributed by atoms with Gasteiger partial charge in [-0.25, -0.2) is 0 Å². The fourth-order valence-corrected chi connectivity index (χ4v) is 3.26. The van der Waals surface area contributed by atoms with Crippen molar-refractivity contribution in [1.29, 1.82) is 0 Å². The van der Waals surface area contributed by atoms with Crippen LogP contribution in [0.5, 0.6) is 0 Å². The zero-order valence-electron chi connectivity index (χ0n) is 8.34. The van der Waals surface area contributed by atoms with E-state index in [1.165, 1.54) is 32.1 Å². The second-order valence-corrected chi connectivity index (χ2v) is 4.76. The Hall–Kier alpha value is -0.0400. The van der Waals surface area contributed by atoms with Crippen LogP contribution in [0.1, 0.15) is 39.0 Å². The summed E-state index contributed by atoms with van der Waals surface area (Å²) in [5.41, 5.74) is 0. The van der Waals surface area contributed by atoms with E-state index in [1.54, 1.807) is 0 Å². The fraction of sp³-hybridized carbons (Fsp3) is 1.00. The molecule has 0 saturated heterocycles. The largest absolute Gasteiger partial charge is 0.317 e. The Morgan fingerprint density at radius 2 is 1.83 bits per heavy atom. The van der Waals surface area contributed by atoms with Gasteiger partial charge in [-0.3, -0.25) is 0 Å². The lowest BCUT2D eigenvalue weighted by atomic mass is 9.63. The Balaban J connectivity index is 1.99. The summed E-state index contributed by atoms with van der Waals surface area (Å²) in [6.45, 7) is 2.35. The fourth-order valence-electron chi connectivity index (χ4n) is 3.26. The van der Waals surface area contributed by atoms with Crippen molar-refractivity contribution in [1.82, 2.24) is 5.32 Å². The van der Waals surface area contributed by atoms with Gasteiger partial charge in [0.25, 0.3) is 0 Å². The van der Waals surface area contributed by atoms with Gasteiger partial charge in [0.1, 0.15) is 0 Å². The third-order valence-electron chi connectivity index (χ3n) is 4.20. The van der Waals surface area contributed by atoms with Gasteiger partial charge in [-0.2, -0.15) is 0 Å². The van der Waals surface area contributed by atoms with Crippen molar-refractivity contribution < 1.29 is 0 Å². The van der Waals surface area contributed by atoms with Gasteiger partial charge in [-0.05, 0) is 51.0 Å². The number of fused-ring (bicyclic) bond motifs is 3. The first kappa shape index (κ1) is 8.55. The average Bonchev–Trinajstić information content (AvgIpc) is 2.18. The number of nitrogens with one attached hydrogen (secondary N) is 1. The summed E-state index contributed by atoms with van der Waals surface area (Å²) in [6.07, 6.45) is 7.59. The summed E-state index contributed by atoms with van der Waals surface area (Å²) in [6, 6.07) is 0.748. The van der Waals surface area contributed by atoms with E-state index in [-0.39, 0.29) is 0 Å². The van der Waals surface area contributed by atoms with Crippen LogP contribution in [0.25, 0.3) is 0 Å². The first-order valence-electron chi connectivity index (χ1n) is 5.48. The summed E-state index contributed by atoms with van der Waals surface area (Å²) < 4.78 is 0. The summed E-state index contributed by atoms with van der Waals surface area (Å²) in [7, 11) is 2.10. The van der Waals surface area contributed by atoms with E-state index in [4.69, 9.17) is 0 Å². The number of hydrogen-bond acceptors (Lipinski definition) is 1. The molecule has 0 aromatic rings. The first-order valence-corrected chi connectivity index (χ1v) is 5.48. The van der Waals surface area contributed by atoms with Crippen LogP contribution in [0.4, 0.5) is 0 Å². The standard InChI is InChI=1S/C11H21N/c1-8(12-2)11-7-9-3-5-10(11)6-4-9/h8-12H,3-7H2,1-2H3. The highest BCUT2D eigenvalue weighted by Crippen LogP contribution is 2.45. The summed E-state index contributed by atoms with van der Waals surface area (Å²) >= 11 is 0. The van der Waals surface area contributed by atoms with Crippen molar-refractivity contribution in [3.63, 3.8) is 0 Å². The molecule has 2 unspecified atom stereocenters. The molecule has 1 heteroatoms. The van der Waals surface area contributed by atoms with Crippen LogP contribution < -0.4 is 5.32 Å². The van der Waals surface area contributed by atoms with E-state index >= 15 is 0 Å². The molecule has 1 N–H and O–H groups in total. The van der Waals surface area contributed by atoms with E-state index in [0.29, 0.717) is 0 Å². The van der Waals surface area contributed by atoms with Crippen LogP contribution in [-0.4, -0.2) is 13.1 Å². The van der Waals surface area contributed by atoms with Gasteiger partial charge < -0.3 is 5.32 Å². The average molecular weight is 167 g/mol. The maximum absolute atomic E-state index is 3.42. The van der Waals surface area contributed by atoms with Crippen LogP contribution in [0.2, 0.25) is 0 Å². The molecule has 0 aromatic heterocycles. The van der Waals surface area contributed by atoms with E-state index in [9.17, 15) is 0 Å². The summed E-state index contributed by atoms with van der Waals surface area (Å²) in [4.78, 5) is 0. The highest BCUT2D eigenvalue weighted by Gasteiger charge is 2.37. The molecular weight excluding hydrogens is 146 g/mol. The molecule has 70 valence electrons. The quantitative estimate of drug-likeness (QED) is 0.666. The molecule has 3 aliphatic carbocycles. The molecule has 0 radical (unpaired) electrons. The highest BCUT2D eigenvalue weighted by molar-refractivity contribution is 4.90. The van der Waals surface area contributed by atoms with Gasteiger partial charge in [0.15, 0.2) is 0 Å². The maximum Gasteiger partial charge on any atom is 0.00667 e. The third-order valence-corrected chi connectivity index (χ3v) is 4.20. The lowest BCUT2D eigenvalue weighted by molar-refractivity contribution is 0.0774. The zero-order valence-corrected chi connectivity index (χ0v) is 8.34. The molecular formula is C11H21N. The number of rotatable bonds is 2. The zero-order chi connectivity index (χ0) is 8.55. The smallest absolute Gasteiger partial charge is 0.00667 e. The third kappa shape index (κ3) is 1.39. The minimum atomic E-state index is 0.748. The van der Waals surface area contributed by atoms with Gasteiger partial charge in [-0.1, -0.05) is 12.8 Å². The maximum atomic E-state index is 3.42. The second-order valence-electron chi connectivity index (χ2n) is 4.76. The van der Waals surface area contributed by atoms with Crippen molar-refractivity contribution >= 4 is 0 Å². The van der Waals surface area contributed by atoms with Crippen LogP contribution >= 0.6 is 0 Å². The van der Waals surface area contributed by atoms with Gasteiger partial charge in [0, 0.05) is 6.04 Å². The number of hydrogen-bond donors (Lipinski definition) is 1. The van der Waals surface area contributed by atoms with E-state index in [0.717, 1.165) is 23.8 Å². The lowest BCUT2D eigenvalue weighted by Gasteiger charge is -2.45. The predicted molar refractivity (Wildman–Crippen MR) is 52.1 cm³/mol. The summed E-state index contributed by atoms with van der Waals surface area (Å²) in [5, 5.41) is 3.42. The van der Waals surface area contributed by atoms with Crippen LogP contribution in [0.15, 0.2) is 0 Å².